The van der Waals surface area contributed by atoms with Gasteiger partial charge in [0, 0.05) is 19.3 Å². The standard InChI is InChI=1S/3C4H8O2.Na.H/c3*1-2-3-4(5)6;;/h3*2-3H2,1H3,(H,5,6);;. The molecule has 0 spiro atoms. The molecule has 0 rings (SSSR count). The van der Waals surface area contributed by atoms with E-state index < -0.39 is 17.9 Å². The van der Waals surface area contributed by atoms with Gasteiger partial charge in [-0.15, -0.1) is 0 Å². The fourth-order valence-corrected chi connectivity index (χ4v) is 0.642. The minimum absolute atomic E-state index is 0. The fourth-order valence-electron chi connectivity index (χ4n) is 0.642. The quantitative estimate of drug-likeness (QED) is 0.644. The Morgan fingerprint density at radius 3 is 0.789 bits per heavy atom. The summed E-state index contributed by atoms with van der Waals surface area (Å²) in [6.45, 7) is 5.52. The molecule has 0 saturated carbocycles. The van der Waals surface area contributed by atoms with Crippen LogP contribution in [-0.4, -0.2) is 62.8 Å². The van der Waals surface area contributed by atoms with Gasteiger partial charge in [0.05, 0.1) is 0 Å². The Labute approximate surface area is 136 Å². The van der Waals surface area contributed by atoms with E-state index in [9.17, 15) is 14.4 Å². The number of carboxylic acid groups (broad SMARTS) is 3. The number of carboxylic acids is 3. The van der Waals surface area contributed by atoms with Crippen molar-refractivity contribution in [3.05, 3.63) is 0 Å². The van der Waals surface area contributed by atoms with Gasteiger partial charge in [-0.25, -0.2) is 0 Å². The monoisotopic (exact) mass is 288 g/mol. The number of rotatable bonds is 6. The molecule has 0 heterocycles. The molecule has 0 amide bonds. The van der Waals surface area contributed by atoms with E-state index in [1.54, 1.807) is 0 Å². The molecule has 19 heavy (non-hydrogen) atoms. The molecule has 0 radical (unpaired) electrons. The van der Waals surface area contributed by atoms with Gasteiger partial charge >= 0.3 is 47.5 Å². The summed E-state index contributed by atoms with van der Waals surface area (Å²) in [6, 6.07) is 0. The van der Waals surface area contributed by atoms with Gasteiger partial charge < -0.3 is 15.3 Å². The molecule has 0 aliphatic rings. The summed E-state index contributed by atoms with van der Waals surface area (Å²) in [5, 5.41) is 23.7. The third-order valence-electron chi connectivity index (χ3n) is 1.39. The van der Waals surface area contributed by atoms with Crippen LogP contribution in [0, 0.1) is 0 Å². The molecule has 0 aliphatic heterocycles. The van der Waals surface area contributed by atoms with Gasteiger partial charge in [0.15, 0.2) is 0 Å². The maximum absolute atomic E-state index is 9.60. The van der Waals surface area contributed by atoms with Crippen LogP contribution in [0.3, 0.4) is 0 Å². The Morgan fingerprint density at radius 2 is 0.789 bits per heavy atom. The summed E-state index contributed by atoms with van der Waals surface area (Å²) in [6.07, 6.45) is 3.07. The first-order valence-electron chi connectivity index (χ1n) is 5.97. The predicted octanol–water partition coefficient (Wildman–Crippen LogP) is 1.96. The summed E-state index contributed by atoms with van der Waals surface area (Å²) in [7, 11) is 0. The molecule has 0 aromatic rings. The van der Waals surface area contributed by atoms with Gasteiger partial charge in [0.25, 0.3) is 0 Å². The van der Waals surface area contributed by atoms with Crippen molar-refractivity contribution < 1.29 is 29.7 Å². The first kappa shape index (κ1) is 26.9. The van der Waals surface area contributed by atoms with Gasteiger partial charge in [0.1, 0.15) is 0 Å². The zero-order chi connectivity index (χ0) is 15.0. The SMILES string of the molecule is CCCC(=O)O.CCCC(=O)O.CCCC(=O)O.[NaH]. The Hall–Kier alpha value is -0.590. The second-order valence-electron chi connectivity index (χ2n) is 3.43. The normalized spacial score (nSPS) is 7.74. The van der Waals surface area contributed by atoms with Gasteiger partial charge in [-0.2, -0.15) is 0 Å². The molecule has 0 aromatic heterocycles. The van der Waals surface area contributed by atoms with Crippen LogP contribution in [0.2, 0.25) is 0 Å². The molecular formula is C12H25NaO6. The average molecular weight is 288 g/mol. The van der Waals surface area contributed by atoms with Crippen molar-refractivity contribution >= 4 is 47.5 Å². The van der Waals surface area contributed by atoms with E-state index in [0.717, 1.165) is 19.3 Å². The van der Waals surface area contributed by atoms with Crippen LogP contribution in [-0.2, 0) is 14.4 Å². The summed E-state index contributed by atoms with van der Waals surface area (Å²) < 4.78 is 0. The average Bonchev–Trinajstić information content (AvgIpc) is 2.18. The Morgan fingerprint density at radius 1 is 0.632 bits per heavy atom. The zero-order valence-electron chi connectivity index (χ0n) is 11.3. The number of hydrogen-bond acceptors (Lipinski definition) is 3. The first-order valence-corrected chi connectivity index (χ1v) is 5.97. The molecule has 0 saturated heterocycles. The van der Waals surface area contributed by atoms with Crippen LogP contribution in [0.4, 0.5) is 0 Å². The number of carbonyl (C=O) groups is 3. The van der Waals surface area contributed by atoms with Crippen LogP contribution < -0.4 is 0 Å². The van der Waals surface area contributed by atoms with Crippen molar-refractivity contribution in [1.29, 1.82) is 0 Å². The second-order valence-corrected chi connectivity index (χ2v) is 3.43. The predicted molar refractivity (Wildman–Crippen MR) is 74.8 cm³/mol. The molecule has 0 aliphatic carbocycles. The fraction of sp³-hybridized carbons (Fsp3) is 0.750. The van der Waals surface area contributed by atoms with E-state index in [1.807, 2.05) is 20.8 Å². The molecular weight excluding hydrogens is 263 g/mol. The number of aliphatic carboxylic acids is 3. The van der Waals surface area contributed by atoms with Crippen molar-refractivity contribution in [2.75, 3.05) is 0 Å². The number of hydrogen-bond donors (Lipinski definition) is 3. The third kappa shape index (κ3) is 58.5. The molecule has 0 aromatic carbocycles. The van der Waals surface area contributed by atoms with Gasteiger partial charge in [-0.3, -0.25) is 14.4 Å². The topological polar surface area (TPSA) is 112 Å². The van der Waals surface area contributed by atoms with Crippen LogP contribution >= 0.6 is 0 Å². The molecule has 0 fully saturated rings. The summed E-state index contributed by atoms with van der Waals surface area (Å²) in [5.74, 6) is -2.13. The van der Waals surface area contributed by atoms with E-state index in [4.69, 9.17) is 15.3 Å². The molecule has 0 atom stereocenters. The molecule has 0 bridgehead atoms. The second kappa shape index (κ2) is 22.6. The van der Waals surface area contributed by atoms with E-state index in [-0.39, 0.29) is 29.6 Å². The Kier molecular flexibility index (Phi) is 31.9. The van der Waals surface area contributed by atoms with Crippen molar-refractivity contribution in [2.45, 2.75) is 59.3 Å². The van der Waals surface area contributed by atoms with E-state index in [1.165, 1.54) is 0 Å². The Bertz CT molecular complexity index is 192. The van der Waals surface area contributed by atoms with E-state index >= 15 is 0 Å². The van der Waals surface area contributed by atoms with E-state index in [0.29, 0.717) is 19.3 Å². The van der Waals surface area contributed by atoms with Crippen LogP contribution in [0.25, 0.3) is 0 Å². The molecule has 3 N–H and O–H groups in total. The van der Waals surface area contributed by atoms with Crippen molar-refractivity contribution in [2.24, 2.45) is 0 Å². The molecule has 7 heteroatoms. The van der Waals surface area contributed by atoms with Gasteiger partial charge in [-0.05, 0) is 19.3 Å². The van der Waals surface area contributed by atoms with Crippen LogP contribution in [0.5, 0.6) is 0 Å². The van der Waals surface area contributed by atoms with Crippen molar-refractivity contribution in [1.82, 2.24) is 0 Å². The molecule has 110 valence electrons. The van der Waals surface area contributed by atoms with Gasteiger partial charge in [-0.1, -0.05) is 20.8 Å². The summed E-state index contributed by atoms with van der Waals surface area (Å²) in [4.78, 5) is 28.8. The molecule has 0 unspecified atom stereocenters. The van der Waals surface area contributed by atoms with Gasteiger partial charge in [0.2, 0.25) is 0 Å². The minimum atomic E-state index is -0.711. The van der Waals surface area contributed by atoms with Crippen LogP contribution in [0.15, 0.2) is 0 Å². The maximum atomic E-state index is 9.60. The van der Waals surface area contributed by atoms with E-state index in [2.05, 4.69) is 0 Å². The van der Waals surface area contributed by atoms with Crippen molar-refractivity contribution in [3.63, 3.8) is 0 Å². The molecule has 6 nitrogen and oxygen atoms in total. The zero-order valence-corrected chi connectivity index (χ0v) is 11.3. The summed E-state index contributed by atoms with van der Waals surface area (Å²) in [5.41, 5.74) is 0. The van der Waals surface area contributed by atoms with Crippen LogP contribution in [0.1, 0.15) is 59.3 Å². The summed E-state index contributed by atoms with van der Waals surface area (Å²) >= 11 is 0. The van der Waals surface area contributed by atoms with Crippen molar-refractivity contribution in [3.8, 4) is 0 Å². The third-order valence-corrected chi connectivity index (χ3v) is 1.39. The first-order chi connectivity index (χ1) is 8.31. The Balaban J connectivity index is -0.0000000865.